The van der Waals surface area contributed by atoms with Gasteiger partial charge in [0.1, 0.15) is 15.9 Å². The Morgan fingerprint density at radius 1 is 1.32 bits per heavy atom. The summed E-state index contributed by atoms with van der Waals surface area (Å²) in [6.45, 7) is 7.73. The maximum atomic E-state index is 9.90. The molecular weight excluding hydrogens is 417 g/mol. The van der Waals surface area contributed by atoms with Gasteiger partial charge in [-0.05, 0) is 38.2 Å². The topological polar surface area (TPSA) is 88.2 Å². The van der Waals surface area contributed by atoms with Crippen molar-refractivity contribution in [2.75, 3.05) is 18.0 Å². The Bertz CT molecular complexity index is 856. The maximum Gasteiger partial charge on any atom is 0.153 e. The summed E-state index contributed by atoms with van der Waals surface area (Å²) in [6, 6.07) is 1.93. The quantitative estimate of drug-likeness (QED) is 0.675. The number of halogens is 2. The molecule has 2 aromatic heterocycles. The van der Waals surface area contributed by atoms with Gasteiger partial charge in [0.05, 0.1) is 17.3 Å². The number of anilines is 1. The average molecular weight is 442 g/mol. The largest absolute Gasteiger partial charge is 0.390 e. The monoisotopic (exact) mass is 441 g/mol. The Balaban J connectivity index is 1.85. The molecule has 3 N–H and O–H groups in total. The lowest BCUT2D eigenvalue weighted by Crippen LogP contribution is -2.47. The van der Waals surface area contributed by atoms with Crippen molar-refractivity contribution in [2.45, 2.75) is 56.2 Å². The first-order valence-electron chi connectivity index (χ1n) is 9.22. The van der Waals surface area contributed by atoms with Crippen LogP contribution in [0.3, 0.4) is 0 Å². The van der Waals surface area contributed by atoms with Crippen LogP contribution in [0, 0.1) is 12.3 Å². The van der Waals surface area contributed by atoms with E-state index < -0.39 is 0 Å². The van der Waals surface area contributed by atoms with Gasteiger partial charge in [0.25, 0.3) is 0 Å². The molecule has 28 heavy (non-hydrogen) atoms. The second-order valence-corrected chi connectivity index (χ2v) is 9.25. The van der Waals surface area contributed by atoms with Gasteiger partial charge >= 0.3 is 0 Å². The van der Waals surface area contributed by atoms with Crippen LogP contribution in [0.5, 0.6) is 0 Å². The van der Waals surface area contributed by atoms with E-state index in [0.29, 0.717) is 15.7 Å². The second-order valence-electron chi connectivity index (χ2n) is 7.49. The van der Waals surface area contributed by atoms with Gasteiger partial charge < -0.3 is 15.7 Å². The van der Waals surface area contributed by atoms with Gasteiger partial charge in [-0.3, -0.25) is 0 Å². The highest BCUT2D eigenvalue weighted by Gasteiger charge is 2.34. The fourth-order valence-corrected chi connectivity index (χ4v) is 4.56. The number of nitrogens with two attached hydrogens (primary N) is 1. The van der Waals surface area contributed by atoms with E-state index in [-0.39, 0.29) is 23.2 Å². The Hall–Kier alpha value is -1.12. The van der Waals surface area contributed by atoms with E-state index in [2.05, 4.69) is 28.7 Å². The highest BCUT2D eigenvalue weighted by atomic mass is 35.5. The standard InChI is InChI=1S/C19H25Cl2N5OS/c1-11-18(28-14-4-7-23-16(21)15(14)20)25-13(10-27)17(24-11)26-8-5-19(3,6-9-26)12(2)22/h4,7,12,27H,5-6,8-10,22H2,1-3H3/t12-/m1/s1. The number of aliphatic hydroxyl groups excluding tert-OH is 1. The van der Waals surface area contributed by atoms with Crippen molar-refractivity contribution in [2.24, 2.45) is 11.1 Å². The minimum atomic E-state index is -0.179. The molecule has 0 bridgehead atoms. The molecule has 0 radical (unpaired) electrons. The summed E-state index contributed by atoms with van der Waals surface area (Å²) in [6.07, 6.45) is 3.57. The highest BCUT2D eigenvalue weighted by molar-refractivity contribution is 7.99. The summed E-state index contributed by atoms with van der Waals surface area (Å²) in [5.74, 6) is 0.745. The fraction of sp³-hybridized carbons (Fsp3) is 0.526. The normalized spacial score (nSPS) is 17.6. The summed E-state index contributed by atoms with van der Waals surface area (Å²) in [5.41, 5.74) is 7.64. The molecule has 6 nitrogen and oxygen atoms in total. The lowest BCUT2D eigenvalue weighted by molar-refractivity contribution is 0.204. The fourth-order valence-electron chi connectivity index (χ4n) is 3.25. The zero-order valence-corrected chi connectivity index (χ0v) is 18.6. The first-order valence-corrected chi connectivity index (χ1v) is 10.8. The van der Waals surface area contributed by atoms with Gasteiger partial charge in [-0.1, -0.05) is 41.9 Å². The van der Waals surface area contributed by atoms with E-state index in [1.54, 1.807) is 12.3 Å². The highest BCUT2D eigenvalue weighted by Crippen LogP contribution is 2.38. The third-order valence-electron chi connectivity index (χ3n) is 5.55. The first kappa shape index (κ1) is 21.6. The molecule has 1 atom stereocenters. The van der Waals surface area contributed by atoms with Gasteiger partial charge in [0.15, 0.2) is 5.82 Å². The number of nitrogens with zero attached hydrogens (tertiary/aromatic N) is 4. The van der Waals surface area contributed by atoms with Crippen molar-refractivity contribution >= 4 is 40.8 Å². The second kappa shape index (κ2) is 8.71. The van der Waals surface area contributed by atoms with Crippen LogP contribution in [0.1, 0.15) is 38.1 Å². The number of rotatable bonds is 5. The molecule has 1 fully saturated rings. The van der Waals surface area contributed by atoms with Gasteiger partial charge in [0.2, 0.25) is 0 Å². The van der Waals surface area contributed by atoms with Crippen molar-refractivity contribution < 1.29 is 5.11 Å². The Kier molecular flexibility index (Phi) is 6.72. The Labute approximate surface area is 179 Å². The van der Waals surface area contributed by atoms with Crippen molar-refractivity contribution in [3.63, 3.8) is 0 Å². The van der Waals surface area contributed by atoms with Crippen LogP contribution < -0.4 is 10.6 Å². The summed E-state index contributed by atoms with van der Waals surface area (Å²) in [7, 11) is 0. The molecule has 1 saturated heterocycles. The zero-order chi connectivity index (χ0) is 20.5. The molecule has 0 unspecified atom stereocenters. The van der Waals surface area contributed by atoms with Crippen molar-refractivity contribution in [3.8, 4) is 0 Å². The van der Waals surface area contributed by atoms with Crippen LogP contribution in [-0.2, 0) is 6.61 Å². The number of hydrogen-bond acceptors (Lipinski definition) is 7. The zero-order valence-electron chi connectivity index (χ0n) is 16.2. The van der Waals surface area contributed by atoms with E-state index in [9.17, 15) is 5.11 Å². The van der Waals surface area contributed by atoms with E-state index in [4.69, 9.17) is 33.9 Å². The molecule has 0 aromatic carbocycles. The predicted octanol–water partition coefficient (Wildman–Crippen LogP) is 4.08. The van der Waals surface area contributed by atoms with Crippen LogP contribution in [0.25, 0.3) is 0 Å². The number of pyridine rings is 1. The van der Waals surface area contributed by atoms with E-state index in [0.717, 1.165) is 42.3 Å². The van der Waals surface area contributed by atoms with Gasteiger partial charge in [0, 0.05) is 30.2 Å². The summed E-state index contributed by atoms with van der Waals surface area (Å²) < 4.78 is 0. The number of hydrogen-bond donors (Lipinski definition) is 2. The maximum absolute atomic E-state index is 9.90. The molecule has 2 aromatic rings. The smallest absolute Gasteiger partial charge is 0.153 e. The lowest BCUT2D eigenvalue weighted by atomic mass is 9.75. The van der Waals surface area contributed by atoms with Crippen LogP contribution in [0.2, 0.25) is 10.2 Å². The predicted molar refractivity (Wildman–Crippen MR) is 114 cm³/mol. The van der Waals surface area contributed by atoms with Gasteiger partial charge in [-0.15, -0.1) is 0 Å². The first-order chi connectivity index (χ1) is 13.2. The Morgan fingerprint density at radius 3 is 2.61 bits per heavy atom. The van der Waals surface area contributed by atoms with Crippen LogP contribution in [-0.4, -0.2) is 39.2 Å². The minimum Gasteiger partial charge on any atom is -0.390 e. The van der Waals surface area contributed by atoms with E-state index >= 15 is 0 Å². The Morgan fingerprint density at radius 2 is 2.00 bits per heavy atom. The molecule has 3 heterocycles. The molecule has 0 spiro atoms. The van der Waals surface area contributed by atoms with E-state index in [1.165, 1.54) is 11.8 Å². The third kappa shape index (κ3) is 4.39. The molecule has 1 aliphatic heterocycles. The van der Waals surface area contributed by atoms with Crippen molar-refractivity contribution in [1.82, 2.24) is 15.0 Å². The number of piperidine rings is 1. The molecule has 1 aliphatic rings. The van der Waals surface area contributed by atoms with Crippen LogP contribution in [0.15, 0.2) is 22.2 Å². The van der Waals surface area contributed by atoms with Crippen LogP contribution in [0.4, 0.5) is 5.82 Å². The molecule has 3 rings (SSSR count). The summed E-state index contributed by atoms with van der Waals surface area (Å²) >= 11 is 13.6. The molecule has 0 aliphatic carbocycles. The van der Waals surface area contributed by atoms with E-state index in [1.807, 2.05) is 6.92 Å². The van der Waals surface area contributed by atoms with Crippen molar-refractivity contribution in [3.05, 3.63) is 33.8 Å². The number of aromatic nitrogens is 3. The molecule has 9 heteroatoms. The number of aliphatic hydroxyl groups is 1. The number of aryl methyl sites for hydroxylation is 1. The molecule has 0 saturated carbocycles. The SMILES string of the molecule is Cc1nc(N2CCC(C)([C@@H](C)N)CC2)c(CO)nc1Sc1ccnc(Cl)c1Cl. The third-order valence-corrected chi connectivity index (χ3v) is 7.57. The van der Waals surface area contributed by atoms with Crippen LogP contribution >= 0.6 is 35.0 Å². The summed E-state index contributed by atoms with van der Waals surface area (Å²) in [4.78, 5) is 16.3. The molecular formula is C19H25Cl2N5OS. The van der Waals surface area contributed by atoms with Crippen molar-refractivity contribution in [1.29, 1.82) is 0 Å². The minimum absolute atomic E-state index is 0.130. The molecule has 152 valence electrons. The molecule has 0 amide bonds. The van der Waals surface area contributed by atoms with Gasteiger partial charge in [-0.2, -0.15) is 0 Å². The lowest BCUT2D eigenvalue weighted by Gasteiger charge is -2.42. The van der Waals surface area contributed by atoms with Gasteiger partial charge in [-0.25, -0.2) is 15.0 Å². The summed E-state index contributed by atoms with van der Waals surface area (Å²) in [5, 5.41) is 11.2. The average Bonchev–Trinajstić information content (AvgIpc) is 2.67.